The third-order valence-corrected chi connectivity index (χ3v) is 6.16. The number of unbranched alkanes of at least 4 members (excludes halogenated alkanes) is 7. The molecular formula is C25H33Cl2NO3. The lowest BCUT2D eigenvalue weighted by atomic mass is 10.0. The van der Waals surface area contributed by atoms with Gasteiger partial charge in [0.15, 0.2) is 12.4 Å². The highest BCUT2D eigenvalue weighted by molar-refractivity contribution is 6.37. The molecule has 0 saturated carbocycles. The summed E-state index contributed by atoms with van der Waals surface area (Å²) in [6.07, 6.45) is 11.6. The van der Waals surface area contributed by atoms with Gasteiger partial charge in [0.1, 0.15) is 5.75 Å². The van der Waals surface area contributed by atoms with Gasteiger partial charge in [-0.2, -0.15) is 0 Å². The molecule has 0 fully saturated rings. The second-order valence-electron chi connectivity index (χ2n) is 7.90. The highest BCUT2D eigenvalue weighted by atomic mass is 35.5. The van der Waals surface area contributed by atoms with E-state index in [9.17, 15) is 9.90 Å². The number of phenols is 1. The smallest absolute Gasteiger partial charge is 0.262 e. The number of hydrogen-bond donors (Lipinski definition) is 2. The van der Waals surface area contributed by atoms with Crippen molar-refractivity contribution in [2.24, 2.45) is 0 Å². The van der Waals surface area contributed by atoms with Crippen molar-refractivity contribution >= 4 is 34.8 Å². The Morgan fingerprint density at radius 3 is 2.26 bits per heavy atom. The summed E-state index contributed by atoms with van der Waals surface area (Å²) in [6, 6.07) is 9.31. The number of carbonyl (C=O) groups excluding carboxylic acids is 1. The number of rotatable bonds is 13. The van der Waals surface area contributed by atoms with Crippen LogP contribution >= 0.6 is 23.2 Å². The van der Waals surface area contributed by atoms with E-state index in [4.69, 9.17) is 27.9 Å². The summed E-state index contributed by atoms with van der Waals surface area (Å²) >= 11 is 12.1. The average molecular weight is 466 g/mol. The SMILES string of the molecule is CCCCCCCCCCc1ccc(OCC(=O)Nc2cc(Cl)c(C)c(Cl)c2O)cc1. The van der Waals surface area contributed by atoms with Gasteiger partial charge in [0.25, 0.3) is 5.91 Å². The van der Waals surface area contributed by atoms with Crippen LogP contribution in [0.3, 0.4) is 0 Å². The molecule has 2 rings (SSSR count). The van der Waals surface area contributed by atoms with E-state index >= 15 is 0 Å². The fourth-order valence-corrected chi connectivity index (χ4v) is 3.81. The van der Waals surface area contributed by atoms with Crippen LogP contribution < -0.4 is 10.1 Å². The van der Waals surface area contributed by atoms with Gasteiger partial charge in [-0.3, -0.25) is 4.79 Å². The summed E-state index contributed by atoms with van der Waals surface area (Å²) in [6.45, 7) is 3.76. The third-order valence-electron chi connectivity index (χ3n) is 5.31. The van der Waals surface area contributed by atoms with Crippen LogP contribution in [0.5, 0.6) is 11.5 Å². The summed E-state index contributed by atoms with van der Waals surface area (Å²) in [7, 11) is 0. The number of hydrogen-bond acceptors (Lipinski definition) is 3. The highest BCUT2D eigenvalue weighted by Crippen LogP contribution is 2.38. The molecule has 0 saturated heterocycles. The summed E-state index contributed by atoms with van der Waals surface area (Å²) in [5.74, 6) is 0.00976. The Kier molecular flexibility index (Phi) is 11.0. The minimum atomic E-state index is -0.408. The minimum absolute atomic E-state index is 0.121. The van der Waals surface area contributed by atoms with Gasteiger partial charge >= 0.3 is 0 Å². The van der Waals surface area contributed by atoms with E-state index in [1.807, 2.05) is 24.3 Å². The van der Waals surface area contributed by atoms with Gasteiger partial charge in [-0.1, -0.05) is 87.2 Å². The van der Waals surface area contributed by atoms with E-state index in [2.05, 4.69) is 12.2 Å². The first-order valence-corrected chi connectivity index (χ1v) is 11.9. The molecule has 2 N–H and O–H groups in total. The Balaban J connectivity index is 1.70. The first-order chi connectivity index (χ1) is 14.9. The molecule has 4 nitrogen and oxygen atoms in total. The van der Waals surface area contributed by atoms with Gasteiger partial charge in [0.05, 0.1) is 10.7 Å². The van der Waals surface area contributed by atoms with E-state index in [1.54, 1.807) is 6.92 Å². The minimum Gasteiger partial charge on any atom is -0.504 e. The molecule has 0 aliphatic heterocycles. The van der Waals surface area contributed by atoms with Gasteiger partial charge in [-0.05, 0) is 49.1 Å². The lowest BCUT2D eigenvalue weighted by molar-refractivity contribution is -0.118. The van der Waals surface area contributed by atoms with Gasteiger partial charge in [-0.25, -0.2) is 0 Å². The molecule has 0 heterocycles. The average Bonchev–Trinajstić information content (AvgIpc) is 2.77. The molecule has 2 aromatic carbocycles. The quantitative estimate of drug-likeness (QED) is 0.235. The number of halogens is 2. The van der Waals surface area contributed by atoms with Crippen LogP contribution in [0.25, 0.3) is 0 Å². The molecule has 0 aliphatic carbocycles. The molecule has 0 atom stereocenters. The molecule has 0 aliphatic rings. The predicted molar refractivity (Wildman–Crippen MR) is 130 cm³/mol. The molecule has 6 heteroatoms. The molecule has 170 valence electrons. The van der Waals surface area contributed by atoms with E-state index in [0.717, 1.165) is 6.42 Å². The van der Waals surface area contributed by atoms with Crippen LogP contribution in [0.15, 0.2) is 30.3 Å². The number of anilines is 1. The second-order valence-corrected chi connectivity index (χ2v) is 8.68. The maximum absolute atomic E-state index is 12.2. The Hall–Kier alpha value is -1.91. The molecule has 0 radical (unpaired) electrons. The third kappa shape index (κ3) is 8.62. The number of aromatic hydroxyl groups is 1. The molecule has 0 spiro atoms. The van der Waals surface area contributed by atoms with Crippen LogP contribution in [0.2, 0.25) is 10.0 Å². The molecule has 1 amide bonds. The first-order valence-electron chi connectivity index (χ1n) is 11.1. The Bertz CT molecular complexity index is 838. The Morgan fingerprint density at radius 2 is 1.61 bits per heavy atom. The summed E-state index contributed by atoms with van der Waals surface area (Å²) in [5.41, 5.74) is 1.99. The van der Waals surface area contributed by atoms with Crippen LogP contribution in [0.4, 0.5) is 5.69 Å². The zero-order valence-electron chi connectivity index (χ0n) is 18.5. The normalized spacial score (nSPS) is 10.8. The van der Waals surface area contributed by atoms with Crippen LogP contribution in [0, 0.1) is 6.92 Å². The van der Waals surface area contributed by atoms with Crippen molar-refractivity contribution in [3.8, 4) is 11.5 Å². The number of benzene rings is 2. The van der Waals surface area contributed by atoms with Crippen LogP contribution in [-0.4, -0.2) is 17.6 Å². The van der Waals surface area contributed by atoms with Crippen LogP contribution in [0.1, 0.15) is 69.4 Å². The number of phenolic OH excluding ortho intramolecular Hbond substituents is 1. The van der Waals surface area contributed by atoms with Gasteiger partial charge in [0, 0.05) is 5.02 Å². The summed E-state index contributed by atoms with van der Waals surface area (Å²) < 4.78 is 5.55. The Morgan fingerprint density at radius 1 is 1.00 bits per heavy atom. The molecule has 2 aromatic rings. The van der Waals surface area contributed by atoms with E-state index < -0.39 is 5.91 Å². The zero-order chi connectivity index (χ0) is 22.6. The van der Waals surface area contributed by atoms with Gasteiger partial charge in [-0.15, -0.1) is 0 Å². The summed E-state index contributed by atoms with van der Waals surface area (Å²) in [4.78, 5) is 12.2. The van der Waals surface area contributed by atoms with E-state index in [1.165, 1.54) is 63.0 Å². The fourth-order valence-electron chi connectivity index (χ4n) is 3.35. The molecule has 0 unspecified atom stereocenters. The number of carbonyl (C=O) groups is 1. The van der Waals surface area contributed by atoms with E-state index in [-0.39, 0.29) is 23.1 Å². The standard InChI is InChI=1S/C25H33Cl2NO3/c1-3-4-5-6-7-8-9-10-11-19-12-14-20(15-13-19)31-17-23(29)28-22-16-21(26)18(2)24(27)25(22)30/h12-16,30H,3-11,17H2,1-2H3,(H,28,29). The second kappa shape index (κ2) is 13.5. The molecular weight excluding hydrogens is 433 g/mol. The van der Waals surface area contributed by atoms with Crippen molar-refractivity contribution in [1.82, 2.24) is 0 Å². The number of nitrogens with one attached hydrogen (secondary N) is 1. The largest absolute Gasteiger partial charge is 0.504 e. The van der Waals surface area contributed by atoms with Crippen molar-refractivity contribution in [3.05, 3.63) is 51.5 Å². The lowest BCUT2D eigenvalue weighted by Crippen LogP contribution is -2.20. The highest BCUT2D eigenvalue weighted by Gasteiger charge is 2.15. The maximum atomic E-state index is 12.2. The number of aryl methyl sites for hydroxylation is 1. The number of amides is 1. The van der Waals surface area contributed by atoms with Crippen molar-refractivity contribution in [2.45, 2.75) is 71.6 Å². The topological polar surface area (TPSA) is 58.6 Å². The molecule has 0 aromatic heterocycles. The summed E-state index contributed by atoms with van der Waals surface area (Å²) in [5, 5.41) is 13.1. The van der Waals surface area contributed by atoms with Crippen molar-refractivity contribution < 1.29 is 14.6 Å². The lowest BCUT2D eigenvalue weighted by Gasteiger charge is -2.12. The zero-order valence-corrected chi connectivity index (χ0v) is 20.0. The van der Waals surface area contributed by atoms with Crippen molar-refractivity contribution in [2.75, 3.05) is 11.9 Å². The van der Waals surface area contributed by atoms with Gasteiger partial charge in [0.2, 0.25) is 0 Å². The van der Waals surface area contributed by atoms with E-state index in [0.29, 0.717) is 16.3 Å². The van der Waals surface area contributed by atoms with Crippen LogP contribution in [-0.2, 0) is 11.2 Å². The molecule has 0 bridgehead atoms. The Labute approximate surface area is 195 Å². The fraction of sp³-hybridized carbons (Fsp3) is 0.480. The predicted octanol–water partition coefficient (Wildman–Crippen LogP) is 7.71. The number of ether oxygens (including phenoxy) is 1. The maximum Gasteiger partial charge on any atom is 0.262 e. The molecule has 31 heavy (non-hydrogen) atoms. The first kappa shape index (κ1) is 25.4. The monoisotopic (exact) mass is 465 g/mol. The van der Waals surface area contributed by atoms with Crippen molar-refractivity contribution in [3.63, 3.8) is 0 Å². The van der Waals surface area contributed by atoms with Crippen molar-refractivity contribution in [1.29, 1.82) is 0 Å². The van der Waals surface area contributed by atoms with Gasteiger partial charge < -0.3 is 15.2 Å².